The van der Waals surface area contributed by atoms with E-state index < -0.39 is 74.5 Å². The number of imidazole rings is 1. The van der Waals surface area contributed by atoms with Crippen LogP contribution in [0.2, 0.25) is 0 Å². The number of hydrogen-bond donors (Lipinski definition) is 13. The van der Waals surface area contributed by atoms with E-state index in [1.807, 2.05) is 6.92 Å². The van der Waals surface area contributed by atoms with Gasteiger partial charge in [0.05, 0.1) is 24.9 Å². The summed E-state index contributed by atoms with van der Waals surface area (Å²) in [5.41, 5.74) is 13.2. The van der Waals surface area contributed by atoms with E-state index >= 15 is 0 Å². The number of aromatic nitrogens is 2. The molecule has 0 saturated heterocycles. The van der Waals surface area contributed by atoms with Gasteiger partial charge in [0.1, 0.15) is 49.1 Å². The Balaban J connectivity index is 1.27. The Hall–Kier alpha value is -5.72. The summed E-state index contributed by atoms with van der Waals surface area (Å²) in [6, 6.07) is 7.30. The van der Waals surface area contributed by atoms with Crippen LogP contribution in [0.5, 0.6) is 0 Å². The number of ether oxygens (including phenoxy) is 1. The van der Waals surface area contributed by atoms with Crippen LogP contribution < -0.4 is 42.6 Å². The van der Waals surface area contributed by atoms with E-state index in [1.165, 1.54) is 41.5 Å². The molecule has 0 fully saturated rings. The van der Waals surface area contributed by atoms with E-state index in [1.54, 1.807) is 25.1 Å². The Kier molecular flexibility index (Phi) is 22.6. The molecule has 1 aliphatic rings. The Morgan fingerprint density at radius 1 is 0.932 bits per heavy atom. The molecule has 4 atom stereocenters. The van der Waals surface area contributed by atoms with E-state index in [2.05, 4.69) is 26.6 Å². The molecule has 5 amide bonds. The lowest BCUT2D eigenvalue weighted by atomic mass is 9.96. The molecule has 402 valence electrons. The predicted octanol–water partition coefficient (Wildman–Crippen LogP) is 0.0236. The normalized spacial score (nSPS) is 16.6. The topological polar surface area (TPSA) is 405 Å². The maximum atomic E-state index is 14.1. The van der Waals surface area contributed by atoms with Gasteiger partial charge in [-0.15, -0.1) is 0 Å². The summed E-state index contributed by atoms with van der Waals surface area (Å²) < 4.78 is 31.0. The molecule has 0 bridgehead atoms. The summed E-state index contributed by atoms with van der Waals surface area (Å²) in [4.78, 5) is 129. The molecule has 3 aromatic rings. The lowest BCUT2D eigenvalue weighted by Crippen LogP contribution is -2.55. The number of rotatable bonds is 27. The monoisotopic (exact) mass is 1060 g/mol. The molecule has 27 heteroatoms. The van der Waals surface area contributed by atoms with E-state index in [0.717, 1.165) is 4.57 Å². The van der Waals surface area contributed by atoms with Gasteiger partial charge in [0, 0.05) is 62.1 Å². The zero-order valence-corrected chi connectivity index (χ0v) is 42.5. The van der Waals surface area contributed by atoms with Crippen molar-refractivity contribution in [1.82, 2.24) is 20.5 Å². The maximum Gasteiger partial charge on any atom is 0.373 e. The molecule has 2 aromatic carbocycles. The quantitative estimate of drug-likeness (QED) is 0.0272. The van der Waals surface area contributed by atoms with Gasteiger partial charge in [0.15, 0.2) is 0 Å². The first kappa shape index (κ1) is 59.8. The summed E-state index contributed by atoms with van der Waals surface area (Å²) in [5.74, 6) is -3.73. The van der Waals surface area contributed by atoms with Crippen molar-refractivity contribution in [2.45, 2.75) is 121 Å². The molecular formula is C46H68N9O16P2+. The van der Waals surface area contributed by atoms with Crippen LogP contribution in [0, 0.1) is 5.92 Å². The molecule has 0 radical (unpaired) electrons. The first-order valence-corrected chi connectivity index (χ1v) is 26.9. The number of nitrogens with two attached hydrogens (primary N) is 2. The van der Waals surface area contributed by atoms with Gasteiger partial charge in [-0.05, 0) is 73.5 Å². The van der Waals surface area contributed by atoms with E-state index in [-0.39, 0.29) is 112 Å². The molecule has 1 aliphatic heterocycles. The zero-order chi connectivity index (χ0) is 54.1. The molecule has 0 saturated carbocycles. The fraction of sp³-hybridized carbons (Fsp3) is 0.522. The van der Waals surface area contributed by atoms with Crippen molar-refractivity contribution in [3.05, 3.63) is 77.4 Å². The van der Waals surface area contributed by atoms with Crippen molar-refractivity contribution in [2.75, 3.05) is 36.9 Å². The highest BCUT2D eigenvalue weighted by atomic mass is 31.2. The second-order valence-corrected chi connectivity index (χ2v) is 22.0. The zero-order valence-electron chi connectivity index (χ0n) is 40.7. The van der Waals surface area contributed by atoms with Gasteiger partial charge in [-0.25, -0.2) is 9.13 Å². The number of ketones is 2. The lowest BCUT2D eigenvalue weighted by molar-refractivity contribution is -0.703. The molecule has 0 spiro atoms. The highest BCUT2D eigenvalue weighted by Crippen LogP contribution is 2.67. The van der Waals surface area contributed by atoms with Crippen LogP contribution in [-0.2, 0) is 63.9 Å². The summed E-state index contributed by atoms with van der Waals surface area (Å²) in [7, 11) is -11.3. The number of aliphatic hydroxyl groups excluding tert-OH is 1. The Labute approximate surface area is 421 Å². The van der Waals surface area contributed by atoms with Gasteiger partial charge in [-0.2, -0.15) is 0 Å². The summed E-state index contributed by atoms with van der Waals surface area (Å²) in [6.45, 7) is 3.08. The minimum atomic E-state index is -5.67. The number of nitrogens with zero attached hydrogens (tertiary/aromatic N) is 2. The SMILES string of the molecule is CCC(C)[C@@H]1NC(=O)c2cc(CC(=O)CCC(=O)NCCOCCC(=O)CCC(O)Cn3cc[n+](CC(O)(P(=O)(O)O)P(=O)(O)O)c3)ccc2NCc2ccc(C(N)=O)cc2NC(=O)[C@H](CCCCN)NC1=O. The molecule has 2 unspecified atom stereocenters. The molecule has 4 rings (SSSR count). The smallest absolute Gasteiger partial charge is 0.373 e. The molecule has 2 heterocycles. The largest absolute Gasteiger partial charge is 0.389 e. The standard InChI is InChI=1S/C46H67N9O16P2/c1-3-29(2)41-45(63)51-38(6-4-5-16-47)44(62)52-39-24-31(42(48)60)8-9-32(39)25-50-37-13-7-30(23-36(37)43(61)53-41)22-34(57)12-14-40(59)49-17-21-71-20-15-33(56)10-11-35(58)26-54-18-19-55(28-54)27-46(64,72(65,66)67)73(68,69)70/h7-9,13,18-19,23-24,28-29,35,38,41,58,64H,3-6,10-12,14-17,20-22,25-27,47H2,1-2H3,(H10-,48,49,50,51,52,53,59,60,61,62,63,65,66,67,68,69,70)/p+1/t29?,35?,38-,41-/m0/s1. The van der Waals surface area contributed by atoms with Crippen LogP contribution >= 0.6 is 15.2 Å². The van der Waals surface area contributed by atoms with Gasteiger partial charge in [-0.3, -0.25) is 42.7 Å². The molecule has 15 N–H and O–H groups in total. The molecule has 1 aromatic heterocycles. The number of fused-ring (bicyclic) bond motifs is 2. The van der Waals surface area contributed by atoms with Crippen molar-refractivity contribution in [1.29, 1.82) is 0 Å². The van der Waals surface area contributed by atoms with E-state index in [4.69, 9.17) is 16.2 Å². The number of Topliss-reactive ketones (excluding diaryl/α,β-unsaturated/α-hetero) is 2. The third-order valence-corrected chi connectivity index (χ3v) is 15.9. The number of primary amides is 1. The lowest BCUT2D eigenvalue weighted by Gasteiger charge is -2.28. The second-order valence-electron chi connectivity index (χ2n) is 17.9. The fourth-order valence-electron chi connectivity index (χ4n) is 7.63. The average Bonchev–Trinajstić information content (AvgIpc) is 3.76. The number of hydrogen-bond acceptors (Lipinski definition) is 14. The third kappa shape index (κ3) is 18.0. The Morgan fingerprint density at radius 3 is 2.33 bits per heavy atom. The highest BCUT2D eigenvalue weighted by Gasteiger charge is 2.61. The van der Waals surface area contributed by atoms with Gasteiger partial charge in [-0.1, -0.05) is 32.4 Å². The van der Waals surface area contributed by atoms with Gasteiger partial charge in [0.2, 0.25) is 30.0 Å². The predicted molar refractivity (Wildman–Crippen MR) is 263 cm³/mol. The van der Waals surface area contributed by atoms with Crippen LogP contribution in [0.1, 0.15) is 103 Å². The Morgan fingerprint density at radius 2 is 1.66 bits per heavy atom. The number of unbranched alkanes of at least 4 members (excludes halogenated alkanes) is 1. The summed E-state index contributed by atoms with van der Waals surface area (Å²) in [6.07, 6.45) is 4.18. The fourth-order valence-corrected chi connectivity index (χ4v) is 9.69. The molecule has 73 heavy (non-hydrogen) atoms. The minimum absolute atomic E-state index is 0.0133. The number of amides is 5. The van der Waals surface area contributed by atoms with Gasteiger partial charge < -0.3 is 72.6 Å². The number of carbonyl (C=O) groups excluding carboxylic acids is 7. The minimum Gasteiger partial charge on any atom is -0.389 e. The number of nitrogens with one attached hydrogen (secondary N) is 5. The van der Waals surface area contributed by atoms with E-state index in [9.17, 15) is 72.5 Å². The van der Waals surface area contributed by atoms with E-state index in [0.29, 0.717) is 42.6 Å². The van der Waals surface area contributed by atoms with Crippen molar-refractivity contribution in [3.63, 3.8) is 0 Å². The van der Waals surface area contributed by atoms with Crippen LogP contribution in [0.3, 0.4) is 0 Å². The van der Waals surface area contributed by atoms with Crippen molar-refractivity contribution in [2.24, 2.45) is 17.4 Å². The average molecular weight is 1070 g/mol. The maximum absolute atomic E-state index is 14.1. The van der Waals surface area contributed by atoms with Crippen LogP contribution in [-0.4, -0.2) is 125 Å². The number of aliphatic hydroxyl groups is 2. The molecule has 25 nitrogen and oxygen atoms in total. The number of carbonyl (C=O) groups is 7. The highest BCUT2D eigenvalue weighted by molar-refractivity contribution is 7.72. The van der Waals surface area contributed by atoms with Crippen molar-refractivity contribution in [3.8, 4) is 0 Å². The van der Waals surface area contributed by atoms with Crippen molar-refractivity contribution < 1.29 is 81.8 Å². The van der Waals surface area contributed by atoms with Gasteiger partial charge in [0.25, 0.3) is 5.91 Å². The number of benzene rings is 2. The summed E-state index contributed by atoms with van der Waals surface area (Å²) in [5, 5.41) is 31.3. The first-order valence-electron chi connectivity index (χ1n) is 23.7. The number of anilines is 2. The van der Waals surface area contributed by atoms with Gasteiger partial charge >= 0.3 is 20.3 Å². The second kappa shape index (κ2) is 27.5. The first-order chi connectivity index (χ1) is 34.3. The van der Waals surface area contributed by atoms with Crippen molar-refractivity contribution >= 4 is 67.7 Å². The van der Waals surface area contributed by atoms with Crippen LogP contribution in [0.25, 0.3) is 0 Å². The van der Waals surface area contributed by atoms with Crippen LogP contribution in [0.4, 0.5) is 11.4 Å². The van der Waals surface area contributed by atoms with Crippen LogP contribution in [0.15, 0.2) is 55.1 Å². The Bertz CT molecular complexity index is 2530. The molecular weight excluding hydrogens is 997 g/mol. The summed E-state index contributed by atoms with van der Waals surface area (Å²) >= 11 is 0. The molecule has 0 aliphatic carbocycles. The third-order valence-electron chi connectivity index (χ3n) is 12.2.